The molecule has 0 saturated carbocycles. The van der Waals surface area contributed by atoms with Crippen molar-refractivity contribution < 1.29 is 12.9 Å². The molecule has 0 radical (unpaired) electrons. The van der Waals surface area contributed by atoms with Gasteiger partial charge < -0.3 is 20.9 Å². The number of sulfonamides is 1. The Morgan fingerprint density at radius 3 is 2.24 bits per heavy atom. The molecule has 0 unspecified atom stereocenters. The zero-order chi connectivity index (χ0) is 21.0. The molecule has 0 saturated heterocycles. The molecule has 4 N–H and O–H groups in total. The zero-order valence-corrected chi connectivity index (χ0v) is 17.2. The lowest BCUT2D eigenvalue weighted by Crippen LogP contribution is -2.30. The molecule has 0 bridgehead atoms. The van der Waals surface area contributed by atoms with Crippen molar-refractivity contribution in [3.05, 3.63) is 42.4 Å². The van der Waals surface area contributed by atoms with Gasteiger partial charge in [0.05, 0.1) is 4.90 Å². The maximum Gasteiger partial charge on any atom is 0.243 e. The van der Waals surface area contributed by atoms with Crippen molar-refractivity contribution in [1.82, 2.24) is 19.4 Å². The Labute approximate surface area is 169 Å². The first-order chi connectivity index (χ1) is 13.8. The fourth-order valence-electron chi connectivity index (χ4n) is 2.70. The van der Waals surface area contributed by atoms with Crippen LogP contribution in [0.5, 0.6) is 0 Å². The second-order valence-electron chi connectivity index (χ2n) is 6.17. The molecule has 0 fully saturated rings. The highest BCUT2D eigenvalue weighted by Crippen LogP contribution is 2.28. The summed E-state index contributed by atoms with van der Waals surface area (Å²) in [6.45, 7) is 6.22. The first kappa shape index (κ1) is 20.6. The van der Waals surface area contributed by atoms with Gasteiger partial charge in [-0.2, -0.15) is 4.31 Å². The number of nitrogens with two attached hydrogens (primary N) is 1. The number of nitrogens with one attached hydrogen (secondary N) is 2. The molecule has 0 atom stereocenters. The van der Waals surface area contributed by atoms with Gasteiger partial charge in [0.25, 0.3) is 0 Å². The molecular weight excluding hydrogens is 394 g/mol. The summed E-state index contributed by atoms with van der Waals surface area (Å²) in [6, 6.07) is 8.12. The van der Waals surface area contributed by atoms with Crippen LogP contribution >= 0.6 is 0 Å². The van der Waals surface area contributed by atoms with Crippen molar-refractivity contribution in [2.24, 2.45) is 0 Å². The molecule has 29 heavy (non-hydrogen) atoms. The summed E-state index contributed by atoms with van der Waals surface area (Å²) in [6.07, 6.45) is 1.35. The van der Waals surface area contributed by atoms with Crippen LogP contribution in [-0.4, -0.2) is 40.9 Å². The second kappa shape index (κ2) is 8.45. The van der Waals surface area contributed by atoms with Gasteiger partial charge in [-0.15, -0.1) is 0 Å². The van der Waals surface area contributed by atoms with E-state index in [1.165, 1.54) is 10.6 Å². The van der Waals surface area contributed by atoms with E-state index in [1.807, 2.05) is 0 Å². The molecule has 0 spiro atoms. The van der Waals surface area contributed by atoms with Crippen LogP contribution in [0.25, 0.3) is 0 Å². The van der Waals surface area contributed by atoms with E-state index in [0.717, 1.165) is 0 Å². The number of aryl methyl sites for hydroxylation is 1. The highest BCUT2D eigenvalue weighted by atomic mass is 32.2. The van der Waals surface area contributed by atoms with E-state index < -0.39 is 10.0 Å². The molecule has 3 rings (SSSR count). The lowest BCUT2D eigenvalue weighted by Gasteiger charge is -2.18. The monoisotopic (exact) mass is 417 g/mol. The highest BCUT2D eigenvalue weighted by Gasteiger charge is 2.21. The minimum atomic E-state index is -3.51. The maximum absolute atomic E-state index is 12.6. The fourth-order valence-corrected chi connectivity index (χ4v) is 4.16. The predicted octanol–water partition coefficient (Wildman–Crippen LogP) is 2.87. The summed E-state index contributed by atoms with van der Waals surface area (Å²) >= 11 is 0. The first-order valence-electron chi connectivity index (χ1n) is 9.03. The Balaban J connectivity index is 1.79. The van der Waals surface area contributed by atoms with Crippen molar-refractivity contribution in [2.45, 2.75) is 25.7 Å². The third-order valence-corrected chi connectivity index (χ3v) is 6.28. The van der Waals surface area contributed by atoms with Gasteiger partial charge in [0, 0.05) is 24.8 Å². The van der Waals surface area contributed by atoms with Crippen LogP contribution in [0, 0.1) is 6.92 Å². The maximum atomic E-state index is 12.6. The molecule has 3 aromatic rings. The number of aromatic nitrogens is 3. The number of hydrogen-bond donors (Lipinski definition) is 3. The van der Waals surface area contributed by atoms with Crippen molar-refractivity contribution in [3.8, 4) is 0 Å². The van der Waals surface area contributed by atoms with Crippen molar-refractivity contribution in [3.63, 3.8) is 0 Å². The number of nitrogens with zero attached hydrogens (tertiary/aromatic N) is 4. The first-order valence-corrected chi connectivity index (χ1v) is 10.5. The third kappa shape index (κ3) is 4.46. The largest absolute Gasteiger partial charge is 0.393 e. The van der Waals surface area contributed by atoms with E-state index in [9.17, 15) is 8.42 Å². The third-order valence-electron chi connectivity index (χ3n) is 4.22. The van der Waals surface area contributed by atoms with E-state index in [1.54, 1.807) is 51.1 Å². The van der Waals surface area contributed by atoms with Crippen LogP contribution in [0.1, 0.15) is 19.6 Å². The summed E-state index contributed by atoms with van der Waals surface area (Å²) in [5.41, 5.74) is 7.07. The normalized spacial score (nSPS) is 11.6. The van der Waals surface area contributed by atoms with Crippen LogP contribution in [0.4, 0.5) is 28.8 Å². The van der Waals surface area contributed by atoms with Gasteiger partial charge in [0.15, 0.2) is 17.5 Å². The summed E-state index contributed by atoms with van der Waals surface area (Å²) in [4.78, 5) is 8.49. The Hall–Kier alpha value is -3.18. The van der Waals surface area contributed by atoms with Gasteiger partial charge in [-0.3, -0.25) is 0 Å². The van der Waals surface area contributed by atoms with Gasteiger partial charge in [-0.05, 0) is 31.2 Å². The lowest BCUT2D eigenvalue weighted by atomic mass is 10.3. The van der Waals surface area contributed by atoms with E-state index in [-0.39, 0.29) is 10.6 Å². The molecule has 0 amide bonds. The zero-order valence-electron chi connectivity index (χ0n) is 16.4. The Bertz CT molecular complexity index is 1080. The second-order valence-corrected chi connectivity index (χ2v) is 8.11. The van der Waals surface area contributed by atoms with Crippen molar-refractivity contribution >= 4 is 38.9 Å². The molecule has 10 nitrogen and oxygen atoms in total. The molecule has 11 heteroatoms. The van der Waals surface area contributed by atoms with Gasteiger partial charge in [-0.1, -0.05) is 19.0 Å². The number of hydrogen-bond acceptors (Lipinski definition) is 9. The molecular formula is C18H23N7O3S. The van der Waals surface area contributed by atoms with Crippen LogP contribution in [0.15, 0.2) is 46.1 Å². The van der Waals surface area contributed by atoms with Crippen LogP contribution in [0.2, 0.25) is 0 Å². The quantitative estimate of drug-likeness (QED) is 0.504. The standard InChI is InChI=1S/C18H23N7O3S/c1-4-25(5-2)29(26,27)14-8-6-13(7-9-14)22-17-16(19)18(21-11-20-17)23-15-10-12(3)28-24-15/h6-11H,4-5,19H2,1-3H3,(H2,20,21,22,23,24). The number of nitrogen functional groups attached to an aromatic ring is 1. The van der Waals surface area contributed by atoms with E-state index >= 15 is 0 Å². The van der Waals surface area contributed by atoms with E-state index in [4.69, 9.17) is 10.3 Å². The van der Waals surface area contributed by atoms with Gasteiger partial charge >= 0.3 is 0 Å². The van der Waals surface area contributed by atoms with Crippen LogP contribution in [0.3, 0.4) is 0 Å². The van der Waals surface area contributed by atoms with Crippen molar-refractivity contribution in [1.29, 1.82) is 0 Å². The molecule has 1 aromatic carbocycles. The average molecular weight is 417 g/mol. The summed E-state index contributed by atoms with van der Waals surface area (Å²) < 4.78 is 31.6. The number of anilines is 5. The van der Waals surface area contributed by atoms with Gasteiger partial charge in [-0.25, -0.2) is 18.4 Å². The number of rotatable bonds is 8. The van der Waals surface area contributed by atoms with E-state index in [2.05, 4.69) is 25.8 Å². The average Bonchev–Trinajstić information content (AvgIpc) is 3.11. The van der Waals surface area contributed by atoms with Crippen LogP contribution in [-0.2, 0) is 10.0 Å². The minimum absolute atomic E-state index is 0.228. The molecule has 0 aliphatic carbocycles. The predicted molar refractivity (Wildman–Crippen MR) is 111 cm³/mol. The molecule has 2 heterocycles. The lowest BCUT2D eigenvalue weighted by molar-refractivity contribution is 0.400. The summed E-state index contributed by atoms with van der Waals surface area (Å²) in [7, 11) is -3.51. The number of benzene rings is 1. The Kier molecular flexibility index (Phi) is 5.99. The fraction of sp³-hybridized carbons (Fsp3) is 0.278. The molecule has 0 aliphatic rings. The van der Waals surface area contributed by atoms with Gasteiger partial charge in [0.1, 0.15) is 17.8 Å². The van der Waals surface area contributed by atoms with Crippen LogP contribution < -0.4 is 16.4 Å². The minimum Gasteiger partial charge on any atom is -0.393 e. The van der Waals surface area contributed by atoms with Gasteiger partial charge in [0.2, 0.25) is 10.0 Å². The summed E-state index contributed by atoms with van der Waals surface area (Å²) in [5, 5.41) is 9.88. The molecule has 0 aliphatic heterocycles. The highest BCUT2D eigenvalue weighted by molar-refractivity contribution is 7.89. The van der Waals surface area contributed by atoms with E-state index in [0.29, 0.717) is 42.0 Å². The smallest absolute Gasteiger partial charge is 0.243 e. The summed E-state index contributed by atoms with van der Waals surface area (Å²) in [5.74, 6) is 1.88. The Morgan fingerprint density at radius 2 is 1.69 bits per heavy atom. The molecule has 154 valence electrons. The SMILES string of the molecule is CCN(CC)S(=O)(=O)c1ccc(Nc2ncnc(Nc3cc(C)on3)c2N)cc1. The van der Waals surface area contributed by atoms with Crippen molar-refractivity contribution in [2.75, 3.05) is 29.5 Å². The Morgan fingerprint density at radius 1 is 1.07 bits per heavy atom. The topological polar surface area (TPSA) is 139 Å². The molecule has 2 aromatic heterocycles.